The van der Waals surface area contributed by atoms with Crippen LogP contribution < -0.4 is 10.0 Å². The predicted octanol–water partition coefficient (Wildman–Crippen LogP) is 0.532. The van der Waals surface area contributed by atoms with Crippen LogP contribution in [0.25, 0.3) is 0 Å². The maximum Gasteiger partial charge on any atom is 0.243 e. The minimum atomic E-state index is -3.71. The number of rotatable bonds is 5. The summed E-state index contributed by atoms with van der Waals surface area (Å²) in [4.78, 5) is 0.0122. The summed E-state index contributed by atoms with van der Waals surface area (Å²) in [7, 11) is -7.38. The molecule has 1 saturated heterocycles. The van der Waals surface area contributed by atoms with E-state index in [4.69, 9.17) is 0 Å². The highest BCUT2D eigenvalue weighted by Crippen LogP contribution is 2.25. The molecule has 1 aromatic rings. The van der Waals surface area contributed by atoms with Crippen molar-refractivity contribution < 1.29 is 16.8 Å². The number of benzene rings is 1. The van der Waals surface area contributed by atoms with Crippen LogP contribution in [0.3, 0.4) is 0 Å². The molecule has 1 aromatic carbocycles. The zero-order chi connectivity index (χ0) is 16.7. The third-order valence-corrected chi connectivity index (χ3v) is 7.59. The first-order valence-electron chi connectivity index (χ1n) is 7.66. The van der Waals surface area contributed by atoms with E-state index >= 15 is 0 Å². The Balaban J connectivity index is 0.00000208. The fourth-order valence-electron chi connectivity index (χ4n) is 2.61. The molecule has 3 rings (SSSR count). The van der Waals surface area contributed by atoms with Crippen LogP contribution in [-0.4, -0.2) is 52.9 Å². The van der Waals surface area contributed by atoms with E-state index in [-0.39, 0.29) is 34.3 Å². The Kier molecular flexibility index (Phi) is 5.94. The van der Waals surface area contributed by atoms with Gasteiger partial charge in [-0.05, 0) is 38.0 Å². The van der Waals surface area contributed by atoms with Gasteiger partial charge in [-0.15, -0.1) is 12.4 Å². The van der Waals surface area contributed by atoms with Crippen molar-refractivity contribution in [3.05, 3.63) is 24.3 Å². The van der Waals surface area contributed by atoms with Crippen LogP contribution in [0.5, 0.6) is 0 Å². The van der Waals surface area contributed by atoms with Gasteiger partial charge in [0.05, 0.1) is 9.79 Å². The number of halogens is 1. The van der Waals surface area contributed by atoms with Gasteiger partial charge in [-0.25, -0.2) is 21.6 Å². The van der Waals surface area contributed by atoms with E-state index in [2.05, 4.69) is 10.0 Å². The molecule has 7 nitrogen and oxygen atoms in total. The maximum atomic E-state index is 12.8. The largest absolute Gasteiger partial charge is 0.314 e. The van der Waals surface area contributed by atoms with Crippen LogP contribution in [0.15, 0.2) is 34.1 Å². The summed E-state index contributed by atoms with van der Waals surface area (Å²) in [6, 6.07) is 5.40. The second-order valence-corrected chi connectivity index (χ2v) is 9.64. The number of sulfonamides is 2. The molecule has 1 atom stereocenters. The zero-order valence-corrected chi connectivity index (χ0v) is 15.8. The molecule has 2 aliphatic rings. The molecule has 1 aliphatic heterocycles. The third kappa shape index (κ3) is 4.09. The van der Waals surface area contributed by atoms with Gasteiger partial charge < -0.3 is 5.32 Å². The molecule has 2 fully saturated rings. The molecule has 10 heteroatoms. The van der Waals surface area contributed by atoms with Crippen molar-refractivity contribution in [2.45, 2.75) is 41.6 Å². The first-order chi connectivity index (χ1) is 10.8. The lowest BCUT2D eigenvalue weighted by Crippen LogP contribution is -2.52. The van der Waals surface area contributed by atoms with E-state index in [1.165, 1.54) is 28.6 Å². The Morgan fingerprint density at radius 3 is 2.46 bits per heavy atom. The van der Waals surface area contributed by atoms with Crippen molar-refractivity contribution >= 4 is 32.5 Å². The Morgan fingerprint density at radius 2 is 1.83 bits per heavy atom. The SMILES string of the molecule is CC1CNCCN1S(=O)(=O)c1cccc(S(=O)(=O)NC2CC2)c1.Cl. The first-order valence-corrected chi connectivity index (χ1v) is 10.6. The molecule has 1 heterocycles. The van der Waals surface area contributed by atoms with Gasteiger partial charge >= 0.3 is 0 Å². The number of piperazine rings is 1. The topological polar surface area (TPSA) is 95.6 Å². The van der Waals surface area contributed by atoms with E-state index in [0.717, 1.165) is 12.8 Å². The minimum Gasteiger partial charge on any atom is -0.314 e. The lowest BCUT2D eigenvalue weighted by molar-refractivity contribution is 0.284. The van der Waals surface area contributed by atoms with Gasteiger partial charge in [0.25, 0.3) is 0 Å². The van der Waals surface area contributed by atoms with Gasteiger partial charge in [0, 0.05) is 31.7 Å². The highest BCUT2D eigenvalue weighted by molar-refractivity contribution is 7.90. The van der Waals surface area contributed by atoms with Gasteiger partial charge in [-0.3, -0.25) is 0 Å². The second-order valence-electron chi connectivity index (χ2n) is 6.04. The Morgan fingerprint density at radius 1 is 1.17 bits per heavy atom. The minimum absolute atomic E-state index is 0. The predicted molar refractivity (Wildman–Crippen MR) is 93.3 cm³/mol. The standard InChI is InChI=1S/C14H21N3O4S2.ClH/c1-11-10-15-7-8-17(11)23(20,21)14-4-2-3-13(9-14)22(18,19)16-12-5-6-12;/h2-4,9,11-12,15-16H,5-8,10H2,1H3;1H. The first kappa shape index (κ1) is 19.6. The van der Waals surface area contributed by atoms with Crippen molar-refractivity contribution in [3.63, 3.8) is 0 Å². The number of hydrogen-bond acceptors (Lipinski definition) is 5. The molecular weight excluding hydrogens is 374 g/mol. The van der Waals surface area contributed by atoms with Crippen molar-refractivity contribution in [1.29, 1.82) is 0 Å². The smallest absolute Gasteiger partial charge is 0.243 e. The van der Waals surface area contributed by atoms with Gasteiger partial charge in [0.1, 0.15) is 0 Å². The van der Waals surface area contributed by atoms with E-state index in [9.17, 15) is 16.8 Å². The van der Waals surface area contributed by atoms with Crippen LogP contribution in [0, 0.1) is 0 Å². The molecule has 0 aromatic heterocycles. The van der Waals surface area contributed by atoms with Crippen molar-refractivity contribution in [3.8, 4) is 0 Å². The number of nitrogens with zero attached hydrogens (tertiary/aromatic N) is 1. The summed E-state index contributed by atoms with van der Waals surface area (Å²) in [5, 5.41) is 3.14. The Bertz CT molecular complexity index is 794. The lowest BCUT2D eigenvalue weighted by Gasteiger charge is -2.32. The van der Waals surface area contributed by atoms with Gasteiger partial charge in [-0.1, -0.05) is 6.07 Å². The van der Waals surface area contributed by atoms with Crippen LogP contribution in [0.1, 0.15) is 19.8 Å². The van der Waals surface area contributed by atoms with Gasteiger partial charge in [-0.2, -0.15) is 4.31 Å². The van der Waals surface area contributed by atoms with Crippen LogP contribution in [0.2, 0.25) is 0 Å². The third-order valence-electron chi connectivity index (χ3n) is 4.06. The normalized spacial score (nSPS) is 22.8. The number of hydrogen-bond donors (Lipinski definition) is 2. The van der Waals surface area contributed by atoms with E-state index in [1.54, 1.807) is 0 Å². The van der Waals surface area contributed by atoms with Crippen LogP contribution in [0.4, 0.5) is 0 Å². The molecular formula is C14H22ClN3O4S2. The fraction of sp³-hybridized carbons (Fsp3) is 0.571. The summed E-state index contributed by atoms with van der Waals surface area (Å²) in [5.41, 5.74) is 0. The van der Waals surface area contributed by atoms with Crippen LogP contribution in [-0.2, 0) is 20.0 Å². The van der Waals surface area contributed by atoms with Crippen molar-refractivity contribution in [2.75, 3.05) is 19.6 Å². The molecule has 0 amide bonds. The number of nitrogens with one attached hydrogen (secondary N) is 2. The highest BCUT2D eigenvalue weighted by Gasteiger charge is 2.32. The monoisotopic (exact) mass is 395 g/mol. The van der Waals surface area contributed by atoms with Crippen LogP contribution >= 0.6 is 12.4 Å². The van der Waals surface area contributed by atoms with Crippen molar-refractivity contribution in [2.24, 2.45) is 0 Å². The maximum absolute atomic E-state index is 12.8. The van der Waals surface area contributed by atoms with E-state index in [1.807, 2.05) is 6.92 Å². The molecule has 24 heavy (non-hydrogen) atoms. The van der Waals surface area contributed by atoms with Crippen molar-refractivity contribution in [1.82, 2.24) is 14.3 Å². The molecule has 0 spiro atoms. The fourth-order valence-corrected chi connectivity index (χ4v) is 5.71. The molecule has 0 bridgehead atoms. The zero-order valence-electron chi connectivity index (χ0n) is 13.3. The summed E-state index contributed by atoms with van der Waals surface area (Å²) in [6.07, 6.45) is 1.66. The highest BCUT2D eigenvalue weighted by atomic mass is 35.5. The van der Waals surface area contributed by atoms with Gasteiger partial charge in [0.15, 0.2) is 0 Å². The summed E-state index contributed by atoms with van der Waals surface area (Å²) >= 11 is 0. The average Bonchev–Trinajstić information content (AvgIpc) is 3.31. The van der Waals surface area contributed by atoms with E-state index in [0.29, 0.717) is 19.6 Å². The molecule has 0 radical (unpaired) electrons. The van der Waals surface area contributed by atoms with E-state index < -0.39 is 20.0 Å². The lowest BCUT2D eigenvalue weighted by atomic mass is 10.3. The molecule has 1 aliphatic carbocycles. The Hall–Kier alpha value is -0.710. The van der Waals surface area contributed by atoms with Gasteiger partial charge in [0.2, 0.25) is 20.0 Å². The average molecular weight is 396 g/mol. The summed E-state index contributed by atoms with van der Waals surface area (Å²) in [6.45, 7) is 3.38. The summed E-state index contributed by atoms with van der Waals surface area (Å²) < 4.78 is 54.1. The summed E-state index contributed by atoms with van der Waals surface area (Å²) in [5.74, 6) is 0. The quantitative estimate of drug-likeness (QED) is 0.758. The molecule has 1 saturated carbocycles. The Labute approximate surface area is 149 Å². The second kappa shape index (κ2) is 7.27. The molecule has 136 valence electrons. The molecule has 1 unspecified atom stereocenters. The molecule has 2 N–H and O–H groups in total.